The number of pyridine rings is 1. The van der Waals surface area contributed by atoms with Crippen molar-refractivity contribution in [1.29, 1.82) is 0 Å². The number of anilines is 2. The number of rotatable bonds is 5. The van der Waals surface area contributed by atoms with E-state index >= 15 is 0 Å². The topological polar surface area (TPSA) is 74.8 Å². The second-order valence-electron chi connectivity index (χ2n) is 7.35. The van der Waals surface area contributed by atoms with Crippen LogP contribution >= 0.6 is 0 Å². The summed E-state index contributed by atoms with van der Waals surface area (Å²) in [5.41, 5.74) is 1.37. The summed E-state index contributed by atoms with van der Waals surface area (Å²) in [6.07, 6.45) is 1.60. The molecule has 8 heteroatoms. The molecule has 4 rings (SSSR count). The average Bonchev–Trinajstić information content (AvgIpc) is 2.84. The molecule has 2 heterocycles. The lowest BCUT2D eigenvalue weighted by Crippen LogP contribution is -2.49. The highest BCUT2D eigenvalue weighted by molar-refractivity contribution is 6.06. The first-order chi connectivity index (χ1) is 15.5. The van der Waals surface area contributed by atoms with Gasteiger partial charge in [0.05, 0.1) is 24.6 Å². The van der Waals surface area contributed by atoms with Gasteiger partial charge in [0.25, 0.3) is 11.8 Å². The molecule has 7 nitrogen and oxygen atoms in total. The molecule has 164 valence electrons. The molecule has 1 fully saturated rings. The third-order valence-electron chi connectivity index (χ3n) is 5.32. The zero-order chi connectivity index (χ0) is 22.5. The van der Waals surface area contributed by atoms with Gasteiger partial charge in [-0.2, -0.15) is 0 Å². The van der Waals surface area contributed by atoms with Gasteiger partial charge in [-0.05, 0) is 42.5 Å². The van der Waals surface area contributed by atoms with Crippen LogP contribution in [0.2, 0.25) is 0 Å². The van der Waals surface area contributed by atoms with Crippen LogP contribution in [0, 0.1) is 5.82 Å². The van der Waals surface area contributed by atoms with E-state index in [9.17, 15) is 14.0 Å². The number of nitrogens with one attached hydrogen (secondary N) is 1. The Bertz CT molecular complexity index is 1110. The largest absolute Gasteiger partial charge is 0.496 e. The summed E-state index contributed by atoms with van der Waals surface area (Å²) in [4.78, 5) is 33.4. The second-order valence-corrected chi connectivity index (χ2v) is 7.35. The number of amides is 2. The number of hydrogen-bond acceptors (Lipinski definition) is 5. The number of aromatic nitrogens is 1. The highest BCUT2D eigenvalue weighted by atomic mass is 19.1. The van der Waals surface area contributed by atoms with Crippen LogP contribution in [-0.2, 0) is 0 Å². The Morgan fingerprint density at radius 2 is 1.78 bits per heavy atom. The summed E-state index contributed by atoms with van der Waals surface area (Å²) in [7, 11) is 1.52. The summed E-state index contributed by atoms with van der Waals surface area (Å²) in [6.45, 7) is 2.26. The number of ether oxygens (including phenoxy) is 1. The number of benzene rings is 2. The Balaban J connectivity index is 1.35. The van der Waals surface area contributed by atoms with E-state index in [0.717, 1.165) is 5.82 Å². The molecule has 2 aromatic carbocycles. The van der Waals surface area contributed by atoms with Gasteiger partial charge >= 0.3 is 0 Å². The highest BCUT2D eigenvalue weighted by Gasteiger charge is 2.23. The standard InChI is InChI=1S/C24H23FN4O3/c1-32-21-8-3-2-7-20(21)23(30)27-19-9-10-22(26-16-19)28-11-13-29(14-12-28)24(31)17-5-4-6-18(25)15-17/h2-10,15-16H,11-14H2,1H3,(H,27,30). The first-order valence-corrected chi connectivity index (χ1v) is 10.3. The zero-order valence-electron chi connectivity index (χ0n) is 17.6. The highest BCUT2D eigenvalue weighted by Crippen LogP contribution is 2.21. The third kappa shape index (κ3) is 4.69. The number of carbonyl (C=O) groups excluding carboxylic acids is 2. The smallest absolute Gasteiger partial charge is 0.259 e. The number of nitrogens with zero attached hydrogens (tertiary/aromatic N) is 3. The number of halogens is 1. The normalized spacial score (nSPS) is 13.6. The van der Waals surface area contributed by atoms with Crippen LogP contribution in [0.4, 0.5) is 15.9 Å². The molecule has 1 aliphatic heterocycles. The molecule has 2 amide bonds. The van der Waals surface area contributed by atoms with E-state index in [1.54, 1.807) is 47.5 Å². The van der Waals surface area contributed by atoms with Crippen molar-refractivity contribution in [3.8, 4) is 5.75 Å². The van der Waals surface area contributed by atoms with Gasteiger partial charge in [-0.3, -0.25) is 9.59 Å². The van der Waals surface area contributed by atoms with E-state index in [1.807, 2.05) is 6.07 Å². The molecule has 0 unspecified atom stereocenters. The number of methoxy groups -OCH3 is 1. The van der Waals surface area contributed by atoms with Crippen molar-refractivity contribution in [3.63, 3.8) is 0 Å². The van der Waals surface area contributed by atoms with Crippen molar-refractivity contribution in [2.75, 3.05) is 43.5 Å². The molecule has 1 aromatic heterocycles. The Labute approximate surface area is 185 Å². The maximum absolute atomic E-state index is 13.4. The van der Waals surface area contributed by atoms with Gasteiger partial charge in [-0.25, -0.2) is 9.37 Å². The molecule has 1 saturated heterocycles. The summed E-state index contributed by atoms with van der Waals surface area (Å²) in [6, 6.07) is 16.4. The van der Waals surface area contributed by atoms with Crippen molar-refractivity contribution in [2.24, 2.45) is 0 Å². The molecule has 0 radical (unpaired) electrons. The van der Waals surface area contributed by atoms with Crippen LogP contribution in [0.25, 0.3) is 0 Å². The van der Waals surface area contributed by atoms with Crippen LogP contribution in [0.3, 0.4) is 0 Å². The van der Waals surface area contributed by atoms with Crippen molar-refractivity contribution in [2.45, 2.75) is 0 Å². The lowest BCUT2D eigenvalue weighted by molar-refractivity contribution is 0.0746. The summed E-state index contributed by atoms with van der Waals surface area (Å²) in [5, 5.41) is 2.82. The predicted molar refractivity (Wildman–Crippen MR) is 120 cm³/mol. The molecule has 32 heavy (non-hydrogen) atoms. The molecule has 1 N–H and O–H groups in total. The van der Waals surface area contributed by atoms with Gasteiger partial charge in [0.2, 0.25) is 0 Å². The van der Waals surface area contributed by atoms with Crippen LogP contribution in [0.5, 0.6) is 5.75 Å². The lowest BCUT2D eigenvalue weighted by Gasteiger charge is -2.35. The van der Waals surface area contributed by atoms with Gasteiger partial charge in [0, 0.05) is 31.7 Å². The van der Waals surface area contributed by atoms with Crippen LogP contribution in [-0.4, -0.2) is 55.0 Å². The first kappa shape index (κ1) is 21.3. The number of hydrogen-bond donors (Lipinski definition) is 1. The summed E-state index contributed by atoms with van der Waals surface area (Å²) < 4.78 is 18.6. The summed E-state index contributed by atoms with van der Waals surface area (Å²) in [5.74, 6) is 0.392. The van der Waals surface area contributed by atoms with Crippen molar-refractivity contribution < 1.29 is 18.7 Å². The van der Waals surface area contributed by atoms with Gasteiger partial charge in [0.1, 0.15) is 17.4 Å². The van der Waals surface area contributed by atoms with Crippen LogP contribution < -0.4 is 15.0 Å². The molecule has 0 atom stereocenters. The average molecular weight is 434 g/mol. The Morgan fingerprint density at radius 3 is 2.47 bits per heavy atom. The molecule has 0 saturated carbocycles. The quantitative estimate of drug-likeness (QED) is 0.666. The van der Waals surface area contributed by atoms with E-state index in [1.165, 1.54) is 25.3 Å². The fourth-order valence-corrected chi connectivity index (χ4v) is 3.62. The lowest BCUT2D eigenvalue weighted by atomic mass is 10.1. The molecule has 0 bridgehead atoms. The van der Waals surface area contributed by atoms with E-state index in [0.29, 0.717) is 48.7 Å². The molecule has 1 aliphatic rings. The molecule has 0 aliphatic carbocycles. The van der Waals surface area contributed by atoms with Gasteiger partial charge < -0.3 is 19.9 Å². The molecule has 0 spiro atoms. The Morgan fingerprint density at radius 1 is 1.00 bits per heavy atom. The maximum Gasteiger partial charge on any atom is 0.259 e. The fourth-order valence-electron chi connectivity index (χ4n) is 3.62. The van der Waals surface area contributed by atoms with Crippen molar-refractivity contribution in [1.82, 2.24) is 9.88 Å². The minimum atomic E-state index is -0.420. The number of para-hydroxylation sites is 1. The zero-order valence-corrected chi connectivity index (χ0v) is 17.6. The van der Waals surface area contributed by atoms with Crippen molar-refractivity contribution >= 4 is 23.3 Å². The number of carbonyl (C=O) groups is 2. The van der Waals surface area contributed by atoms with Gasteiger partial charge in [-0.1, -0.05) is 18.2 Å². The fraction of sp³-hybridized carbons (Fsp3) is 0.208. The second kappa shape index (κ2) is 9.47. The molecule has 3 aromatic rings. The monoisotopic (exact) mass is 434 g/mol. The molecular weight excluding hydrogens is 411 g/mol. The SMILES string of the molecule is COc1ccccc1C(=O)Nc1ccc(N2CCN(C(=O)c3cccc(F)c3)CC2)nc1. The Kier molecular flexibility index (Phi) is 6.30. The van der Waals surface area contributed by atoms with Gasteiger partial charge in [-0.15, -0.1) is 0 Å². The van der Waals surface area contributed by atoms with Gasteiger partial charge in [0.15, 0.2) is 0 Å². The van der Waals surface area contributed by atoms with Crippen LogP contribution in [0.1, 0.15) is 20.7 Å². The maximum atomic E-state index is 13.4. The third-order valence-corrected chi connectivity index (χ3v) is 5.32. The van der Waals surface area contributed by atoms with Crippen LogP contribution in [0.15, 0.2) is 66.9 Å². The minimum absolute atomic E-state index is 0.175. The van der Waals surface area contributed by atoms with Crippen molar-refractivity contribution in [3.05, 3.63) is 83.8 Å². The summed E-state index contributed by atoms with van der Waals surface area (Å²) >= 11 is 0. The van der Waals surface area contributed by atoms with E-state index in [-0.39, 0.29) is 11.8 Å². The van der Waals surface area contributed by atoms with E-state index < -0.39 is 5.82 Å². The number of piperazine rings is 1. The minimum Gasteiger partial charge on any atom is -0.496 e. The van der Waals surface area contributed by atoms with E-state index in [4.69, 9.17) is 4.74 Å². The first-order valence-electron chi connectivity index (χ1n) is 10.3. The Hall–Kier alpha value is -3.94. The predicted octanol–water partition coefficient (Wildman–Crippen LogP) is 3.44. The van der Waals surface area contributed by atoms with E-state index in [2.05, 4.69) is 15.2 Å². The molecular formula is C24H23FN4O3.